The first-order valence-corrected chi connectivity index (χ1v) is 10.1. The highest BCUT2D eigenvalue weighted by Gasteiger charge is 2.13. The lowest BCUT2D eigenvalue weighted by molar-refractivity contribution is 0.148. The number of aromatic nitrogens is 1. The van der Waals surface area contributed by atoms with E-state index in [4.69, 9.17) is 5.73 Å². The third-order valence-corrected chi connectivity index (χ3v) is 5.17. The number of nitrogen functional groups attached to an aromatic ring is 1. The molecule has 1 aromatic heterocycles. The summed E-state index contributed by atoms with van der Waals surface area (Å²) >= 11 is 0. The number of anilines is 2. The quantitative estimate of drug-likeness (QED) is 0.702. The van der Waals surface area contributed by atoms with E-state index in [1.54, 1.807) is 0 Å². The minimum absolute atomic E-state index is 0.582. The van der Waals surface area contributed by atoms with Gasteiger partial charge in [0.25, 0.3) is 0 Å². The summed E-state index contributed by atoms with van der Waals surface area (Å²) in [5.41, 5.74) is 10.7. The summed E-state index contributed by atoms with van der Waals surface area (Å²) in [6.45, 7) is 8.83. The van der Waals surface area contributed by atoms with Crippen molar-refractivity contribution >= 4 is 11.5 Å². The Labute approximate surface area is 163 Å². The lowest BCUT2D eigenvalue weighted by Crippen LogP contribution is -2.43. The molecule has 0 atom stereocenters. The van der Waals surface area contributed by atoms with Crippen LogP contribution >= 0.6 is 0 Å². The summed E-state index contributed by atoms with van der Waals surface area (Å²) in [4.78, 5) is 9.43. The Balaban J connectivity index is 1.57. The van der Waals surface area contributed by atoms with E-state index >= 15 is 0 Å². The van der Waals surface area contributed by atoms with Gasteiger partial charge >= 0.3 is 0 Å². The summed E-state index contributed by atoms with van der Waals surface area (Å²) in [5.74, 6) is 0.582. The molecule has 1 aliphatic heterocycles. The second kappa shape index (κ2) is 9.72. The molecular weight excluding hydrogens is 334 g/mol. The van der Waals surface area contributed by atoms with E-state index in [0.717, 1.165) is 63.5 Å². The molecule has 3 N–H and O–H groups in total. The molecule has 1 aromatic carbocycles. The highest BCUT2D eigenvalue weighted by molar-refractivity contribution is 5.52. The summed E-state index contributed by atoms with van der Waals surface area (Å²) < 4.78 is 0. The molecule has 1 saturated heterocycles. The standard InChI is InChI=1S/C22H33N5/c1-3-4-9-24-20-15-21(25-22(23)16-20)14-18-5-7-19(8-6-18)17-27-12-10-26(2)11-13-27/h5-8,15-16H,3-4,9-14,17H2,1-2H3,(H3,23,24,25). The predicted molar refractivity (Wildman–Crippen MR) is 114 cm³/mol. The van der Waals surface area contributed by atoms with E-state index in [9.17, 15) is 0 Å². The Hall–Kier alpha value is -2.11. The van der Waals surface area contributed by atoms with Crippen LogP contribution < -0.4 is 11.1 Å². The van der Waals surface area contributed by atoms with Crippen molar-refractivity contribution in [3.63, 3.8) is 0 Å². The molecule has 0 spiro atoms. The molecule has 2 aromatic rings. The number of unbranched alkanes of at least 4 members (excludes halogenated alkanes) is 1. The summed E-state index contributed by atoms with van der Waals surface area (Å²) in [6.07, 6.45) is 3.15. The van der Waals surface area contributed by atoms with Crippen LogP contribution in [-0.4, -0.2) is 54.6 Å². The van der Waals surface area contributed by atoms with Crippen LogP contribution in [0.5, 0.6) is 0 Å². The third kappa shape index (κ3) is 6.22. The number of hydrogen-bond donors (Lipinski definition) is 2. The first-order chi connectivity index (χ1) is 13.1. The van der Waals surface area contributed by atoms with E-state index in [-0.39, 0.29) is 0 Å². The average Bonchev–Trinajstić information content (AvgIpc) is 2.65. The number of rotatable bonds is 8. The molecule has 1 fully saturated rings. The second-order valence-corrected chi connectivity index (χ2v) is 7.63. The molecule has 27 heavy (non-hydrogen) atoms. The predicted octanol–water partition coefficient (Wildman–Crippen LogP) is 3.21. The van der Waals surface area contributed by atoms with Gasteiger partial charge in [-0.15, -0.1) is 0 Å². The van der Waals surface area contributed by atoms with E-state index in [2.05, 4.69) is 64.4 Å². The third-order valence-electron chi connectivity index (χ3n) is 5.17. The molecule has 0 saturated carbocycles. The molecule has 1 aliphatic rings. The fourth-order valence-electron chi connectivity index (χ4n) is 3.45. The van der Waals surface area contributed by atoms with Gasteiger partial charge in [0.2, 0.25) is 0 Å². The van der Waals surface area contributed by atoms with Crippen molar-refractivity contribution in [2.75, 3.05) is 50.8 Å². The Bertz CT molecular complexity index is 705. The average molecular weight is 368 g/mol. The SMILES string of the molecule is CCCCNc1cc(N)nc(Cc2ccc(CN3CCN(C)CC3)cc2)c1. The first-order valence-electron chi connectivity index (χ1n) is 10.1. The van der Waals surface area contributed by atoms with Crippen molar-refractivity contribution in [1.29, 1.82) is 0 Å². The first kappa shape index (κ1) is 19.6. The van der Waals surface area contributed by atoms with Crippen LogP contribution in [0.1, 0.15) is 36.6 Å². The van der Waals surface area contributed by atoms with Crippen LogP contribution in [0.3, 0.4) is 0 Å². The normalized spacial score (nSPS) is 15.8. The maximum Gasteiger partial charge on any atom is 0.125 e. The van der Waals surface area contributed by atoms with Gasteiger partial charge in [0, 0.05) is 63.1 Å². The largest absolute Gasteiger partial charge is 0.385 e. The van der Waals surface area contributed by atoms with Gasteiger partial charge in [-0.2, -0.15) is 0 Å². The fourth-order valence-corrected chi connectivity index (χ4v) is 3.45. The molecule has 0 aliphatic carbocycles. The molecule has 5 nitrogen and oxygen atoms in total. The van der Waals surface area contributed by atoms with E-state index in [0.29, 0.717) is 5.82 Å². The number of nitrogens with two attached hydrogens (primary N) is 1. The molecule has 5 heteroatoms. The maximum atomic E-state index is 6.00. The number of hydrogen-bond acceptors (Lipinski definition) is 5. The molecule has 146 valence electrons. The Kier molecular flexibility index (Phi) is 7.07. The summed E-state index contributed by atoms with van der Waals surface area (Å²) in [7, 11) is 2.20. The lowest BCUT2D eigenvalue weighted by atomic mass is 10.1. The van der Waals surface area contributed by atoms with E-state index < -0.39 is 0 Å². The van der Waals surface area contributed by atoms with Gasteiger partial charge in [0.15, 0.2) is 0 Å². The maximum absolute atomic E-state index is 6.00. The Morgan fingerprint density at radius 3 is 2.44 bits per heavy atom. The van der Waals surface area contributed by atoms with E-state index in [1.165, 1.54) is 17.5 Å². The highest BCUT2D eigenvalue weighted by Crippen LogP contribution is 2.17. The molecule has 3 rings (SSSR count). The minimum atomic E-state index is 0.582. The molecule has 0 radical (unpaired) electrons. The number of likely N-dealkylation sites (N-methyl/N-ethyl adjacent to an activating group) is 1. The topological polar surface area (TPSA) is 57.4 Å². The minimum Gasteiger partial charge on any atom is -0.385 e. The van der Waals surface area contributed by atoms with E-state index in [1.807, 2.05) is 6.07 Å². The monoisotopic (exact) mass is 367 g/mol. The number of piperazine rings is 1. The van der Waals surface area contributed by atoms with Crippen LogP contribution in [0.2, 0.25) is 0 Å². The van der Waals surface area contributed by atoms with Crippen LogP contribution in [-0.2, 0) is 13.0 Å². The summed E-state index contributed by atoms with van der Waals surface area (Å²) in [5, 5.41) is 3.44. The zero-order valence-corrected chi connectivity index (χ0v) is 16.7. The molecule has 2 heterocycles. The van der Waals surface area contributed by atoms with Crippen molar-refractivity contribution in [3.05, 3.63) is 53.2 Å². The van der Waals surface area contributed by atoms with Crippen LogP contribution in [0.15, 0.2) is 36.4 Å². The van der Waals surface area contributed by atoms with Crippen LogP contribution in [0.25, 0.3) is 0 Å². The number of nitrogens with one attached hydrogen (secondary N) is 1. The van der Waals surface area contributed by atoms with Gasteiger partial charge in [0.1, 0.15) is 5.82 Å². The molecule has 0 amide bonds. The van der Waals surface area contributed by atoms with Gasteiger partial charge in [-0.25, -0.2) is 4.98 Å². The molecule has 0 unspecified atom stereocenters. The van der Waals surface area contributed by atoms with Crippen LogP contribution in [0, 0.1) is 0 Å². The number of pyridine rings is 1. The van der Waals surface area contributed by atoms with Gasteiger partial charge in [0.05, 0.1) is 0 Å². The Morgan fingerprint density at radius 1 is 1.04 bits per heavy atom. The number of benzene rings is 1. The smallest absolute Gasteiger partial charge is 0.125 e. The van der Waals surface area contributed by atoms with Crippen molar-refractivity contribution < 1.29 is 0 Å². The lowest BCUT2D eigenvalue weighted by Gasteiger charge is -2.32. The second-order valence-electron chi connectivity index (χ2n) is 7.63. The number of nitrogens with zero attached hydrogens (tertiary/aromatic N) is 3. The van der Waals surface area contributed by atoms with Crippen molar-refractivity contribution in [3.8, 4) is 0 Å². The van der Waals surface area contributed by atoms with Gasteiger partial charge in [-0.05, 0) is 30.7 Å². The van der Waals surface area contributed by atoms with Gasteiger partial charge in [-0.3, -0.25) is 4.90 Å². The molecular formula is C22H33N5. The van der Waals surface area contributed by atoms with Crippen LogP contribution in [0.4, 0.5) is 11.5 Å². The fraction of sp³-hybridized carbons (Fsp3) is 0.500. The van der Waals surface area contributed by atoms with Crippen molar-refractivity contribution in [1.82, 2.24) is 14.8 Å². The van der Waals surface area contributed by atoms with Crippen molar-refractivity contribution in [2.45, 2.75) is 32.7 Å². The highest BCUT2D eigenvalue weighted by atomic mass is 15.2. The zero-order valence-electron chi connectivity index (χ0n) is 16.7. The van der Waals surface area contributed by atoms with Gasteiger partial charge in [-0.1, -0.05) is 37.6 Å². The zero-order chi connectivity index (χ0) is 19.1. The Morgan fingerprint density at radius 2 is 1.74 bits per heavy atom. The van der Waals surface area contributed by atoms with Gasteiger partial charge < -0.3 is 16.0 Å². The summed E-state index contributed by atoms with van der Waals surface area (Å²) in [6, 6.07) is 13.0. The molecule has 0 bridgehead atoms. The van der Waals surface area contributed by atoms with Crippen molar-refractivity contribution in [2.24, 2.45) is 0 Å².